The number of imide groups is 1. The molecule has 0 bridgehead atoms. The lowest BCUT2D eigenvalue weighted by molar-refractivity contribution is -0.197. The van der Waals surface area contributed by atoms with E-state index >= 15 is 0 Å². The zero-order chi connectivity index (χ0) is 20.7. The summed E-state index contributed by atoms with van der Waals surface area (Å²) in [6, 6.07) is 0.154. The predicted octanol–water partition coefficient (Wildman–Crippen LogP) is -0.521. The average molecular weight is 405 g/mol. The maximum Gasteiger partial charge on any atom is 0.334 e. The van der Waals surface area contributed by atoms with Gasteiger partial charge < -0.3 is 15.5 Å². The number of nitrogens with zero attached hydrogens (tertiary/aromatic N) is 2. The van der Waals surface area contributed by atoms with Gasteiger partial charge in [-0.3, -0.25) is 24.1 Å². The van der Waals surface area contributed by atoms with E-state index in [0.717, 1.165) is 19.4 Å². The van der Waals surface area contributed by atoms with E-state index in [2.05, 4.69) is 29.4 Å². The van der Waals surface area contributed by atoms with Gasteiger partial charge in [0.25, 0.3) is 11.8 Å². The van der Waals surface area contributed by atoms with Crippen LogP contribution in [0.2, 0.25) is 0 Å². The quantitative estimate of drug-likeness (QED) is 0.300. The number of hydrogen-bond acceptors (Lipinski definition) is 7. The molecule has 2 N–H and O–H groups in total. The van der Waals surface area contributed by atoms with E-state index in [1.54, 1.807) is 0 Å². The number of rotatable bonds is 9. The molecule has 2 rings (SSSR count). The van der Waals surface area contributed by atoms with Crippen LogP contribution in [0.25, 0.3) is 0 Å². The van der Waals surface area contributed by atoms with Crippen molar-refractivity contribution in [2.75, 3.05) is 19.6 Å². The van der Waals surface area contributed by atoms with E-state index in [1.807, 2.05) is 0 Å². The third-order valence-electron chi connectivity index (χ3n) is 4.76. The lowest BCUT2D eigenvalue weighted by Gasteiger charge is -2.27. The molecule has 28 heavy (non-hydrogen) atoms. The summed E-state index contributed by atoms with van der Waals surface area (Å²) in [4.78, 5) is 65.2. The van der Waals surface area contributed by atoms with Crippen LogP contribution in [0.15, 0.2) is 0 Å². The molecule has 0 aromatic carbocycles. The van der Waals surface area contributed by atoms with Crippen LogP contribution in [-0.2, 0) is 28.8 Å². The van der Waals surface area contributed by atoms with Crippen LogP contribution >= 0.6 is 0 Å². The Labute approximate surface area is 163 Å². The molecule has 2 heterocycles. The first-order chi connectivity index (χ1) is 13.3. The van der Waals surface area contributed by atoms with E-state index in [0.29, 0.717) is 11.1 Å². The number of carbonyl (C=O) groups is 5. The predicted molar refractivity (Wildman–Crippen MR) is 97.3 cm³/mol. The van der Waals surface area contributed by atoms with Crippen molar-refractivity contribution >= 4 is 29.6 Å². The van der Waals surface area contributed by atoms with Crippen molar-refractivity contribution in [3.8, 4) is 0 Å². The van der Waals surface area contributed by atoms with Crippen LogP contribution in [0.1, 0.15) is 52.4 Å². The number of hydroxylamine groups is 2. The largest absolute Gasteiger partial charge is 0.355 e. The Balaban J connectivity index is 1.58. The van der Waals surface area contributed by atoms with E-state index in [9.17, 15) is 24.0 Å². The van der Waals surface area contributed by atoms with Gasteiger partial charge in [0, 0.05) is 38.4 Å². The molecule has 2 aliphatic rings. The van der Waals surface area contributed by atoms with Gasteiger partial charge in [0.2, 0.25) is 11.8 Å². The second-order valence-corrected chi connectivity index (χ2v) is 7.18. The van der Waals surface area contributed by atoms with E-state index in [4.69, 9.17) is 4.84 Å². The summed E-state index contributed by atoms with van der Waals surface area (Å²) in [6.07, 6.45) is 1.80. The van der Waals surface area contributed by atoms with Crippen LogP contribution in [0.4, 0.5) is 0 Å². The molecule has 1 atom stereocenters. The molecule has 10 nitrogen and oxygen atoms in total. The third-order valence-corrected chi connectivity index (χ3v) is 4.76. The number of amides is 4. The molecule has 4 amide bonds. The molecule has 156 valence electrons. The van der Waals surface area contributed by atoms with Crippen LogP contribution in [0, 0.1) is 0 Å². The van der Waals surface area contributed by atoms with Gasteiger partial charge in [0.15, 0.2) is 0 Å². The molecule has 0 aromatic heterocycles. The van der Waals surface area contributed by atoms with Crippen LogP contribution < -0.4 is 10.6 Å². The maximum absolute atomic E-state index is 12.3. The number of carbonyl (C=O) groups excluding carboxylic acids is 5. The first kappa shape index (κ1) is 21.8. The van der Waals surface area contributed by atoms with Gasteiger partial charge in [-0.1, -0.05) is 0 Å². The minimum Gasteiger partial charge on any atom is -0.355 e. The highest BCUT2D eigenvalue weighted by Crippen LogP contribution is 2.19. The summed E-state index contributed by atoms with van der Waals surface area (Å²) in [5, 5.41) is 5.80. The highest BCUT2D eigenvalue weighted by Gasteiger charge is 2.33. The fraction of sp³-hybridized carbons (Fsp3) is 0.722. The van der Waals surface area contributed by atoms with Gasteiger partial charge in [-0.2, -0.15) is 0 Å². The van der Waals surface area contributed by atoms with Crippen molar-refractivity contribution in [1.82, 2.24) is 20.6 Å². The summed E-state index contributed by atoms with van der Waals surface area (Å²) in [5.41, 5.74) is 0. The Morgan fingerprint density at radius 2 is 1.71 bits per heavy atom. The van der Waals surface area contributed by atoms with Crippen molar-refractivity contribution in [2.45, 2.75) is 64.5 Å². The van der Waals surface area contributed by atoms with Gasteiger partial charge in [0.05, 0.1) is 12.5 Å². The Kier molecular flexibility index (Phi) is 7.91. The molecule has 2 fully saturated rings. The lowest BCUT2D eigenvalue weighted by atomic mass is 10.3. The average Bonchev–Trinajstić information content (AvgIpc) is 3.24. The van der Waals surface area contributed by atoms with E-state index < -0.39 is 17.8 Å². The third kappa shape index (κ3) is 6.01. The smallest absolute Gasteiger partial charge is 0.334 e. The van der Waals surface area contributed by atoms with Gasteiger partial charge in [-0.15, -0.1) is 5.06 Å². The first-order valence-electron chi connectivity index (χ1n) is 9.66. The first-order valence-corrected chi connectivity index (χ1v) is 9.66. The van der Waals surface area contributed by atoms with Crippen molar-refractivity contribution in [2.24, 2.45) is 0 Å². The molecule has 0 aliphatic carbocycles. The SMILES string of the molecule is CC(C)N1CCCC1[13C](=O)[15NH][13CH2][13CH2][13C](=O)[15NH][13CH2][13CH2][13C](=O)ON1C(=O)CCC1=O. The van der Waals surface area contributed by atoms with Crippen molar-refractivity contribution in [3.05, 3.63) is 0 Å². The van der Waals surface area contributed by atoms with Crippen molar-refractivity contribution in [3.63, 3.8) is 0 Å². The lowest BCUT2D eigenvalue weighted by Crippen LogP contribution is -2.46. The molecular formula is C18H28N4O6. The molecule has 10 heteroatoms. The van der Waals surface area contributed by atoms with Crippen LogP contribution in [0.3, 0.4) is 0 Å². The second-order valence-electron chi connectivity index (χ2n) is 7.18. The normalized spacial score (nSPS) is 20.0. The topological polar surface area (TPSA) is 125 Å². The molecule has 0 aromatic rings. The fourth-order valence-corrected chi connectivity index (χ4v) is 3.30. The molecule has 2 aliphatic heterocycles. The second kappa shape index (κ2) is 10.2. The molecular weight excluding hydrogens is 377 g/mol. The Morgan fingerprint density at radius 1 is 1.07 bits per heavy atom. The Hall–Kier alpha value is -2.49. The molecule has 0 radical (unpaired) electrons. The highest BCUT2D eigenvalue weighted by atomic mass is 16.8. The zero-order valence-electron chi connectivity index (χ0n) is 16.4. The summed E-state index contributed by atoms with van der Waals surface area (Å²) in [5.74, 6) is -2.24. The number of likely N-dealkylation sites (tertiary alicyclic amines) is 1. The Morgan fingerprint density at radius 3 is 2.36 bits per heavy atom. The summed E-state index contributed by atoms with van der Waals surface area (Å²) in [6.45, 7) is 5.25. The molecule has 1 unspecified atom stereocenters. The molecule has 2 saturated heterocycles. The highest BCUT2D eigenvalue weighted by molar-refractivity contribution is 6.01. The fourth-order valence-electron chi connectivity index (χ4n) is 3.30. The van der Waals surface area contributed by atoms with E-state index in [-0.39, 0.29) is 56.6 Å². The maximum atomic E-state index is 12.3. The summed E-state index contributed by atoms with van der Waals surface area (Å²) in [7, 11) is 0. The van der Waals surface area contributed by atoms with Gasteiger partial charge in [-0.25, -0.2) is 4.79 Å². The van der Waals surface area contributed by atoms with Crippen molar-refractivity contribution in [1.29, 1.82) is 0 Å². The van der Waals surface area contributed by atoms with Crippen molar-refractivity contribution < 1.29 is 28.8 Å². The standard InChI is InChI=1S/C18H28N4O6/c1-12(2)21-11-3-4-13(21)18(27)20-9-7-14(23)19-10-8-17(26)28-22-15(24)5-6-16(22)25/h12-13H,3-11H2,1-2H3,(H,19,23)(H,20,27)/i7+1,8+1,9+1,10+1,14+1,17+1,18+1,19+1,20+1. The number of hydrogen-bond donors (Lipinski definition) is 2. The summed E-state index contributed by atoms with van der Waals surface area (Å²) < 4.78 is 0. The van der Waals surface area contributed by atoms with Gasteiger partial charge in [-0.05, 0) is 33.2 Å². The van der Waals surface area contributed by atoms with Gasteiger partial charge >= 0.3 is 5.97 Å². The monoisotopic (exact) mass is 405 g/mol. The van der Waals surface area contributed by atoms with Crippen LogP contribution in [0.5, 0.6) is 0 Å². The number of nitrogens with one attached hydrogen (secondary N) is 2. The zero-order valence-corrected chi connectivity index (χ0v) is 16.4. The minimum atomic E-state index is -0.771. The van der Waals surface area contributed by atoms with E-state index in [1.165, 1.54) is 0 Å². The minimum absolute atomic E-state index is 0.0194. The molecule has 0 spiro atoms. The molecule has 0 saturated carbocycles. The van der Waals surface area contributed by atoms with Crippen LogP contribution in [-0.4, -0.2) is 71.3 Å². The van der Waals surface area contributed by atoms with Gasteiger partial charge in [0.1, 0.15) is 0 Å². The Bertz CT molecular complexity index is 620. The summed E-state index contributed by atoms with van der Waals surface area (Å²) >= 11 is 0.